The molecule has 0 unspecified atom stereocenters. The predicted molar refractivity (Wildman–Crippen MR) is 104 cm³/mol. The molecule has 0 aliphatic carbocycles. The Morgan fingerprint density at radius 3 is 2.57 bits per heavy atom. The average molecular weight is 417 g/mol. The van der Waals surface area contributed by atoms with Gasteiger partial charge in [-0.25, -0.2) is 8.42 Å². The van der Waals surface area contributed by atoms with Gasteiger partial charge in [-0.15, -0.1) is 0 Å². The molecular weight excluding hydrogens is 405 g/mol. The number of hydrogen-bond donors (Lipinski definition) is 2. The topological polar surface area (TPSA) is 101 Å². The van der Waals surface area contributed by atoms with E-state index < -0.39 is 31.3 Å². The Morgan fingerprint density at radius 2 is 1.79 bits per heavy atom. The van der Waals surface area contributed by atoms with Crippen LogP contribution >= 0.6 is 11.8 Å². The van der Waals surface area contributed by atoms with Crippen LogP contribution in [0.15, 0.2) is 75.4 Å². The molecule has 142 valence electrons. The van der Waals surface area contributed by atoms with Gasteiger partial charge in [0.1, 0.15) is 0 Å². The lowest BCUT2D eigenvalue weighted by Crippen LogP contribution is -2.15. The summed E-state index contributed by atoms with van der Waals surface area (Å²) in [5.41, 5.74) is 0.794. The van der Waals surface area contributed by atoms with Crippen molar-refractivity contribution in [3.05, 3.63) is 76.6 Å². The van der Waals surface area contributed by atoms with E-state index in [0.29, 0.717) is 11.8 Å². The number of benzene rings is 3. The molecule has 1 aliphatic rings. The van der Waals surface area contributed by atoms with Gasteiger partial charge in [-0.3, -0.25) is 14.8 Å². The van der Waals surface area contributed by atoms with Crippen LogP contribution in [-0.2, 0) is 10.0 Å². The third-order valence-electron chi connectivity index (χ3n) is 4.06. The highest BCUT2D eigenvalue weighted by atomic mass is 32.2. The minimum absolute atomic E-state index is 0.284. The Morgan fingerprint density at radius 1 is 1.04 bits per heavy atom. The molecule has 0 saturated carbocycles. The molecule has 2 N–H and O–H groups in total. The lowest BCUT2D eigenvalue weighted by molar-refractivity contribution is -0.387. The Bertz CT molecular complexity index is 1220. The van der Waals surface area contributed by atoms with Gasteiger partial charge in [0.25, 0.3) is 10.0 Å². The third kappa shape index (κ3) is 3.27. The molecule has 0 atom stereocenters. The number of sulfonamides is 1. The van der Waals surface area contributed by atoms with E-state index in [2.05, 4.69) is 10.0 Å². The van der Waals surface area contributed by atoms with E-state index in [1.165, 1.54) is 11.8 Å². The van der Waals surface area contributed by atoms with E-state index >= 15 is 0 Å². The zero-order valence-corrected chi connectivity index (χ0v) is 15.7. The molecule has 0 fully saturated rings. The number of anilines is 3. The van der Waals surface area contributed by atoms with Crippen LogP contribution in [0, 0.1) is 15.9 Å². The summed E-state index contributed by atoms with van der Waals surface area (Å²) in [5, 5.41) is 14.1. The molecule has 0 amide bonds. The Kier molecular flexibility index (Phi) is 4.44. The van der Waals surface area contributed by atoms with Crippen molar-refractivity contribution in [1.82, 2.24) is 0 Å². The molecule has 3 aromatic rings. The van der Waals surface area contributed by atoms with Gasteiger partial charge in [0.2, 0.25) is 5.82 Å². The molecule has 0 aromatic heterocycles. The fourth-order valence-corrected chi connectivity index (χ4v) is 4.86. The maximum Gasteiger partial charge on any atom is 0.306 e. The van der Waals surface area contributed by atoms with E-state index in [-0.39, 0.29) is 5.69 Å². The summed E-state index contributed by atoms with van der Waals surface area (Å²) in [6, 6.07) is 15.2. The SMILES string of the molecule is O=[N+]([O-])c1cc(S(=O)(=O)Nc2cccc3c2Nc2ccccc2S3)ccc1F. The number of nitrogens with one attached hydrogen (secondary N) is 2. The highest BCUT2D eigenvalue weighted by Crippen LogP contribution is 2.47. The van der Waals surface area contributed by atoms with E-state index in [1.54, 1.807) is 12.1 Å². The number of para-hydroxylation sites is 2. The number of nitro groups is 1. The maximum absolute atomic E-state index is 13.5. The van der Waals surface area contributed by atoms with Gasteiger partial charge >= 0.3 is 5.69 Å². The van der Waals surface area contributed by atoms with E-state index in [9.17, 15) is 22.9 Å². The van der Waals surface area contributed by atoms with Crippen LogP contribution in [0.4, 0.5) is 27.1 Å². The van der Waals surface area contributed by atoms with Crippen LogP contribution in [-0.4, -0.2) is 13.3 Å². The van der Waals surface area contributed by atoms with Gasteiger partial charge in [0, 0.05) is 15.9 Å². The molecule has 0 spiro atoms. The number of rotatable bonds is 4. The quantitative estimate of drug-likeness (QED) is 0.367. The first-order valence-corrected chi connectivity index (χ1v) is 10.3. The Hall–Kier alpha value is -3.11. The largest absolute Gasteiger partial charge is 0.352 e. The summed E-state index contributed by atoms with van der Waals surface area (Å²) in [6.45, 7) is 0. The van der Waals surface area contributed by atoms with E-state index in [0.717, 1.165) is 27.6 Å². The highest BCUT2D eigenvalue weighted by Gasteiger charge is 2.24. The second-order valence-corrected chi connectivity index (χ2v) is 8.64. The highest BCUT2D eigenvalue weighted by molar-refractivity contribution is 7.99. The van der Waals surface area contributed by atoms with Crippen molar-refractivity contribution < 1.29 is 17.7 Å². The molecule has 28 heavy (non-hydrogen) atoms. The van der Waals surface area contributed by atoms with Gasteiger partial charge in [0.15, 0.2) is 0 Å². The molecule has 0 bridgehead atoms. The second-order valence-electron chi connectivity index (χ2n) is 5.88. The Labute approximate surface area is 163 Å². The third-order valence-corrected chi connectivity index (χ3v) is 6.56. The van der Waals surface area contributed by atoms with Crippen molar-refractivity contribution in [1.29, 1.82) is 0 Å². The molecule has 1 aliphatic heterocycles. The fourth-order valence-electron chi connectivity index (χ4n) is 2.75. The lowest BCUT2D eigenvalue weighted by Gasteiger charge is -2.23. The number of nitro benzene ring substituents is 1. The summed E-state index contributed by atoms with van der Waals surface area (Å²) in [6.07, 6.45) is 0. The molecule has 10 heteroatoms. The van der Waals surface area contributed by atoms with Crippen LogP contribution in [0.1, 0.15) is 0 Å². The van der Waals surface area contributed by atoms with Crippen molar-refractivity contribution >= 4 is 44.5 Å². The standard InChI is InChI=1S/C18H12FN3O4S2/c19-12-9-8-11(10-15(12)22(23)24)28(25,26)21-14-5-3-7-17-18(14)20-13-4-1-2-6-16(13)27-17/h1-10,20-21H. The van der Waals surface area contributed by atoms with Gasteiger partial charge in [-0.05, 0) is 36.4 Å². The van der Waals surface area contributed by atoms with Crippen molar-refractivity contribution in [3.8, 4) is 0 Å². The van der Waals surface area contributed by atoms with E-state index in [4.69, 9.17) is 0 Å². The average Bonchev–Trinajstić information content (AvgIpc) is 2.66. The van der Waals surface area contributed by atoms with Gasteiger partial charge in [-0.1, -0.05) is 30.0 Å². The van der Waals surface area contributed by atoms with Crippen molar-refractivity contribution in [2.45, 2.75) is 14.7 Å². The smallest absolute Gasteiger partial charge is 0.306 e. The molecular formula is C18H12FN3O4S2. The van der Waals surface area contributed by atoms with Crippen molar-refractivity contribution in [3.63, 3.8) is 0 Å². The molecule has 1 heterocycles. The predicted octanol–water partition coefficient (Wildman–Crippen LogP) is 4.74. The second kappa shape index (κ2) is 6.80. The number of fused-ring (bicyclic) bond motifs is 2. The molecule has 0 radical (unpaired) electrons. The first-order valence-electron chi connectivity index (χ1n) is 7.99. The Balaban J connectivity index is 1.71. The number of hydrogen-bond acceptors (Lipinski definition) is 6. The summed E-state index contributed by atoms with van der Waals surface area (Å²) in [7, 11) is -4.17. The minimum Gasteiger partial charge on any atom is -0.352 e. The minimum atomic E-state index is -4.17. The first kappa shape index (κ1) is 18.3. The summed E-state index contributed by atoms with van der Waals surface area (Å²) < 4.78 is 41.4. The van der Waals surface area contributed by atoms with Crippen LogP contribution in [0.3, 0.4) is 0 Å². The van der Waals surface area contributed by atoms with Crippen molar-refractivity contribution in [2.24, 2.45) is 0 Å². The van der Waals surface area contributed by atoms with Crippen LogP contribution in [0.2, 0.25) is 0 Å². The molecule has 0 saturated heterocycles. The zero-order valence-electron chi connectivity index (χ0n) is 14.0. The van der Waals surface area contributed by atoms with Gasteiger partial charge < -0.3 is 5.32 Å². The zero-order chi connectivity index (χ0) is 19.9. The van der Waals surface area contributed by atoms with Gasteiger partial charge in [0.05, 0.1) is 26.9 Å². The monoisotopic (exact) mass is 417 g/mol. The summed E-state index contributed by atoms with van der Waals surface area (Å²) in [5.74, 6) is -1.10. The fraction of sp³-hybridized carbons (Fsp3) is 0. The summed E-state index contributed by atoms with van der Waals surface area (Å²) >= 11 is 1.49. The molecule has 4 rings (SSSR count). The van der Waals surface area contributed by atoms with E-state index in [1.807, 2.05) is 30.3 Å². The number of nitrogens with zero attached hydrogens (tertiary/aromatic N) is 1. The number of halogens is 1. The van der Waals surface area contributed by atoms with Crippen LogP contribution in [0.5, 0.6) is 0 Å². The lowest BCUT2D eigenvalue weighted by atomic mass is 10.2. The van der Waals surface area contributed by atoms with Crippen molar-refractivity contribution in [2.75, 3.05) is 10.0 Å². The molecule has 7 nitrogen and oxygen atoms in total. The van der Waals surface area contributed by atoms with Crippen LogP contribution in [0.25, 0.3) is 0 Å². The molecule has 3 aromatic carbocycles. The first-order chi connectivity index (χ1) is 13.3. The normalized spacial score (nSPS) is 12.5. The maximum atomic E-state index is 13.5. The summed E-state index contributed by atoms with van der Waals surface area (Å²) in [4.78, 5) is 11.4. The van der Waals surface area contributed by atoms with Crippen LogP contribution < -0.4 is 10.0 Å². The van der Waals surface area contributed by atoms with Gasteiger partial charge in [-0.2, -0.15) is 4.39 Å².